The van der Waals surface area contributed by atoms with Gasteiger partial charge in [0.25, 0.3) is 5.56 Å². The van der Waals surface area contributed by atoms with Crippen LogP contribution in [0.2, 0.25) is 0 Å². The first kappa shape index (κ1) is 12.5. The number of nitrogens with zero attached hydrogens (tertiary/aromatic N) is 3. The Kier molecular flexibility index (Phi) is 3.01. The van der Waals surface area contributed by atoms with Gasteiger partial charge in [-0.05, 0) is 6.92 Å². The van der Waals surface area contributed by atoms with E-state index in [1.807, 2.05) is 0 Å². The molecule has 2 heterocycles. The normalized spacial score (nSPS) is 14.8. The summed E-state index contributed by atoms with van der Waals surface area (Å²) in [5.74, 6) is -1.96. The standard InChI is InChI=1S/C9H12FN5O3/c1-9(17,2-10)18-4-15-3-12-5-6(15)13-8(11)14-7(5)16/h3,17H,2,4H2,1H3,(H3,11,13,14,16). The van der Waals surface area contributed by atoms with Crippen molar-refractivity contribution in [1.82, 2.24) is 19.5 Å². The molecule has 8 nitrogen and oxygen atoms in total. The van der Waals surface area contributed by atoms with E-state index >= 15 is 0 Å². The zero-order chi connectivity index (χ0) is 13.3. The van der Waals surface area contributed by atoms with Crippen molar-refractivity contribution in [3.63, 3.8) is 0 Å². The van der Waals surface area contributed by atoms with Gasteiger partial charge in [0.1, 0.15) is 13.4 Å². The Hall–Kier alpha value is -2.00. The highest BCUT2D eigenvalue weighted by atomic mass is 19.1. The fourth-order valence-electron chi connectivity index (χ4n) is 1.31. The summed E-state index contributed by atoms with van der Waals surface area (Å²) in [6.45, 7) is -0.0835. The van der Waals surface area contributed by atoms with Crippen LogP contribution < -0.4 is 11.3 Å². The number of H-pyrrole nitrogens is 1. The quantitative estimate of drug-likeness (QED) is 0.626. The summed E-state index contributed by atoms with van der Waals surface area (Å²) >= 11 is 0. The minimum absolute atomic E-state index is 0.0634. The van der Waals surface area contributed by atoms with Gasteiger partial charge < -0.3 is 15.6 Å². The lowest BCUT2D eigenvalue weighted by Crippen LogP contribution is -2.31. The molecule has 2 aromatic rings. The molecule has 2 aromatic heterocycles. The molecule has 98 valence electrons. The Bertz CT molecular complexity index is 620. The Morgan fingerprint density at radius 2 is 2.44 bits per heavy atom. The monoisotopic (exact) mass is 257 g/mol. The second-order valence-corrected chi connectivity index (χ2v) is 3.92. The molecule has 0 fully saturated rings. The number of fused-ring (bicyclic) bond motifs is 1. The molecule has 0 bridgehead atoms. The molecule has 1 unspecified atom stereocenters. The van der Waals surface area contributed by atoms with Crippen molar-refractivity contribution in [1.29, 1.82) is 0 Å². The van der Waals surface area contributed by atoms with E-state index in [1.165, 1.54) is 17.8 Å². The van der Waals surface area contributed by atoms with Crippen LogP contribution in [0.15, 0.2) is 11.1 Å². The second kappa shape index (κ2) is 4.35. The average Bonchev–Trinajstić information content (AvgIpc) is 2.70. The van der Waals surface area contributed by atoms with Gasteiger partial charge in [-0.1, -0.05) is 0 Å². The SMILES string of the molecule is CC(O)(CF)OCn1cnc2c(=O)[nH]c(N)nc21. The molecule has 0 saturated heterocycles. The molecular formula is C9H12FN5O3. The number of nitrogen functional groups attached to an aromatic ring is 1. The van der Waals surface area contributed by atoms with Gasteiger partial charge in [0, 0.05) is 0 Å². The molecule has 0 aliphatic carbocycles. The smallest absolute Gasteiger partial charge is 0.280 e. The van der Waals surface area contributed by atoms with E-state index in [-0.39, 0.29) is 23.8 Å². The van der Waals surface area contributed by atoms with Gasteiger partial charge in [0.15, 0.2) is 17.0 Å². The van der Waals surface area contributed by atoms with Crippen LogP contribution in [0.5, 0.6) is 0 Å². The van der Waals surface area contributed by atoms with Crippen LogP contribution >= 0.6 is 0 Å². The number of aliphatic hydroxyl groups is 1. The van der Waals surface area contributed by atoms with Crippen molar-refractivity contribution in [2.45, 2.75) is 19.4 Å². The van der Waals surface area contributed by atoms with Gasteiger partial charge in [-0.3, -0.25) is 14.3 Å². The zero-order valence-corrected chi connectivity index (χ0v) is 9.55. The van der Waals surface area contributed by atoms with Gasteiger partial charge in [0.2, 0.25) is 5.95 Å². The zero-order valence-electron chi connectivity index (χ0n) is 9.55. The van der Waals surface area contributed by atoms with Crippen molar-refractivity contribution in [3.8, 4) is 0 Å². The van der Waals surface area contributed by atoms with Gasteiger partial charge >= 0.3 is 0 Å². The topological polar surface area (TPSA) is 119 Å². The van der Waals surface area contributed by atoms with Crippen molar-refractivity contribution in [2.75, 3.05) is 12.4 Å². The van der Waals surface area contributed by atoms with Crippen LogP contribution in [-0.4, -0.2) is 37.1 Å². The van der Waals surface area contributed by atoms with Crippen molar-refractivity contribution in [3.05, 3.63) is 16.7 Å². The summed E-state index contributed by atoms with van der Waals surface area (Å²) < 4.78 is 18.6. The summed E-state index contributed by atoms with van der Waals surface area (Å²) in [4.78, 5) is 21.5. The number of aromatic nitrogens is 4. The highest BCUT2D eigenvalue weighted by molar-refractivity contribution is 5.70. The van der Waals surface area contributed by atoms with E-state index in [0.717, 1.165) is 0 Å². The van der Waals surface area contributed by atoms with Crippen molar-refractivity contribution < 1.29 is 14.2 Å². The number of nitrogens with two attached hydrogens (primary N) is 1. The van der Waals surface area contributed by atoms with E-state index < -0.39 is 18.0 Å². The number of alkyl halides is 1. The van der Waals surface area contributed by atoms with Crippen LogP contribution in [0.1, 0.15) is 6.92 Å². The maximum atomic E-state index is 12.4. The first-order valence-electron chi connectivity index (χ1n) is 5.06. The van der Waals surface area contributed by atoms with Crippen LogP contribution in [0, 0.1) is 0 Å². The number of anilines is 1. The summed E-state index contributed by atoms with van der Waals surface area (Å²) in [5, 5.41) is 9.36. The third-order valence-electron chi connectivity index (χ3n) is 2.26. The molecule has 0 aliphatic heterocycles. The molecule has 0 radical (unpaired) electrons. The number of halogens is 1. The third kappa shape index (κ3) is 2.31. The van der Waals surface area contributed by atoms with Crippen LogP contribution in [0.4, 0.5) is 10.3 Å². The summed E-state index contributed by atoms with van der Waals surface area (Å²) in [7, 11) is 0. The number of hydrogen-bond donors (Lipinski definition) is 3. The number of aromatic amines is 1. The van der Waals surface area contributed by atoms with E-state index in [4.69, 9.17) is 10.5 Å². The predicted octanol–water partition coefficient (Wildman–Crippen LogP) is -0.646. The molecule has 0 spiro atoms. The number of nitrogens with one attached hydrogen (secondary N) is 1. The maximum Gasteiger partial charge on any atom is 0.280 e. The van der Waals surface area contributed by atoms with Crippen molar-refractivity contribution >= 4 is 17.1 Å². The predicted molar refractivity (Wildman–Crippen MR) is 60.2 cm³/mol. The number of rotatable bonds is 4. The van der Waals surface area contributed by atoms with Crippen LogP contribution in [-0.2, 0) is 11.5 Å². The Morgan fingerprint density at radius 1 is 1.72 bits per heavy atom. The fraction of sp³-hybridized carbons (Fsp3) is 0.444. The number of hydrogen-bond acceptors (Lipinski definition) is 6. The summed E-state index contributed by atoms with van der Waals surface area (Å²) in [6.07, 6.45) is 1.29. The highest BCUT2D eigenvalue weighted by Crippen LogP contribution is 2.11. The number of ether oxygens (including phenoxy) is 1. The third-order valence-corrected chi connectivity index (χ3v) is 2.26. The lowest BCUT2D eigenvalue weighted by molar-refractivity contribution is -0.217. The van der Waals surface area contributed by atoms with Crippen LogP contribution in [0.25, 0.3) is 11.2 Å². The summed E-state index contributed by atoms with van der Waals surface area (Å²) in [6, 6.07) is 0. The largest absolute Gasteiger partial charge is 0.369 e. The molecule has 0 aromatic carbocycles. The van der Waals surface area contributed by atoms with Crippen LogP contribution in [0.3, 0.4) is 0 Å². The average molecular weight is 257 g/mol. The minimum Gasteiger partial charge on any atom is -0.369 e. The lowest BCUT2D eigenvalue weighted by atomic mass is 10.4. The molecular weight excluding hydrogens is 245 g/mol. The fourth-order valence-corrected chi connectivity index (χ4v) is 1.31. The Balaban J connectivity index is 2.33. The van der Waals surface area contributed by atoms with Crippen molar-refractivity contribution in [2.24, 2.45) is 0 Å². The molecule has 0 aliphatic rings. The van der Waals surface area contributed by atoms with E-state index in [2.05, 4.69) is 15.0 Å². The van der Waals surface area contributed by atoms with Gasteiger partial charge in [-0.25, -0.2) is 9.37 Å². The Labute approximate surface area is 100 Å². The first-order chi connectivity index (χ1) is 8.43. The molecule has 4 N–H and O–H groups in total. The molecule has 0 saturated carbocycles. The van der Waals surface area contributed by atoms with E-state index in [9.17, 15) is 14.3 Å². The van der Waals surface area contributed by atoms with Gasteiger partial charge in [0.05, 0.1) is 6.33 Å². The van der Waals surface area contributed by atoms with Gasteiger partial charge in [-0.15, -0.1) is 0 Å². The first-order valence-corrected chi connectivity index (χ1v) is 5.06. The molecule has 9 heteroatoms. The summed E-state index contributed by atoms with van der Waals surface area (Å²) in [5.41, 5.74) is 5.22. The number of imidazole rings is 1. The van der Waals surface area contributed by atoms with Gasteiger partial charge in [-0.2, -0.15) is 4.98 Å². The molecule has 0 amide bonds. The highest BCUT2D eigenvalue weighted by Gasteiger charge is 2.21. The second-order valence-electron chi connectivity index (χ2n) is 3.92. The molecule has 1 atom stereocenters. The van der Waals surface area contributed by atoms with E-state index in [1.54, 1.807) is 0 Å². The minimum atomic E-state index is -1.90. The molecule has 2 rings (SSSR count). The van der Waals surface area contributed by atoms with E-state index in [0.29, 0.717) is 0 Å². The molecule has 18 heavy (non-hydrogen) atoms. The Morgan fingerprint density at radius 3 is 3.11 bits per heavy atom. The maximum absolute atomic E-state index is 12.4. The lowest BCUT2D eigenvalue weighted by Gasteiger charge is -2.19.